The molecule has 0 N–H and O–H groups in total. The van der Waals surface area contributed by atoms with Crippen molar-refractivity contribution in [2.45, 2.75) is 18.8 Å². The van der Waals surface area contributed by atoms with E-state index in [0.717, 1.165) is 30.1 Å². The summed E-state index contributed by atoms with van der Waals surface area (Å²) in [6.45, 7) is 1.38. The van der Waals surface area contributed by atoms with E-state index in [1.807, 2.05) is 54.2 Å². The Kier molecular flexibility index (Phi) is 6.06. The van der Waals surface area contributed by atoms with Crippen LogP contribution in [0.15, 0.2) is 48.9 Å². The zero-order valence-corrected chi connectivity index (χ0v) is 18.0. The average Bonchev–Trinajstić information content (AvgIpc) is 2.84. The molecule has 1 saturated heterocycles. The van der Waals surface area contributed by atoms with Crippen molar-refractivity contribution in [2.75, 3.05) is 39.2 Å². The summed E-state index contributed by atoms with van der Waals surface area (Å²) in [4.78, 5) is 34.7. The number of aromatic nitrogens is 4. The van der Waals surface area contributed by atoms with Gasteiger partial charge in [0.15, 0.2) is 5.82 Å². The smallest absolute Gasteiger partial charge is 0.253 e. The van der Waals surface area contributed by atoms with Crippen LogP contribution in [0.5, 0.6) is 5.75 Å². The van der Waals surface area contributed by atoms with Crippen LogP contribution in [0.25, 0.3) is 11.5 Å². The van der Waals surface area contributed by atoms with E-state index in [0.29, 0.717) is 30.2 Å². The second-order valence-corrected chi connectivity index (χ2v) is 7.75. The number of hydrogen-bond donors (Lipinski definition) is 0. The number of piperidine rings is 1. The maximum absolute atomic E-state index is 12.9. The summed E-state index contributed by atoms with van der Waals surface area (Å²) in [5, 5.41) is 0. The van der Waals surface area contributed by atoms with Crippen LogP contribution in [-0.4, -0.2) is 65.0 Å². The highest BCUT2D eigenvalue weighted by atomic mass is 16.5. The van der Waals surface area contributed by atoms with E-state index in [9.17, 15) is 4.79 Å². The van der Waals surface area contributed by atoms with Crippen molar-refractivity contribution < 1.29 is 9.53 Å². The molecule has 0 atom stereocenters. The van der Waals surface area contributed by atoms with Crippen LogP contribution in [-0.2, 0) is 0 Å². The monoisotopic (exact) mass is 418 g/mol. The summed E-state index contributed by atoms with van der Waals surface area (Å²) < 4.78 is 5.18. The van der Waals surface area contributed by atoms with Crippen molar-refractivity contribution in [3.63, 3.8) is 0 Å². The van der Waals surface area contributed by atoms with Crippen LogP contribution < -0.4 is 9.64 Å². The van der Waals surface area contributed by atoms with E-state index in [1.165, 1.54) is 0 Å². The Bertz CT molecular complexity index is 1030. The maximum atomic E-state index is 12.9. The van der Waals surface area contributed by atoms with E-state index in [1.54, 1.807) is 25.7 Å². The first-order valence-corrected chi connectivity index (χ1v) is 10.3. The highest BCUT2D eigenvalue weighted by Gasteiger charge is 2.26. The highest BCUT2D eigenvalue weighted by Crippen LogP contribution is 2.30. The van der Waals surface area contributed by atoms with Crippen molar-refractivity contribution in [3.05, 3.63) is 60.2 Å². The van der Waals surface area contributed by atoms with Crippen LogP contribution in [0.3, 0.4) is 0 Å². The van der Waals surface area contributed by atoms with Gasteiger partial charge in [0.2, 0.25) is 0 Å². The largest absolute Gasteiger partial charge is 0.497 e. The molecule has 0 bridgehead atoms. The molecular weight excluding hydrogens is 392 g/mol. The Balaban J connectivity index is 1.50. The molecule has 31 heavy (non-hydrogen) atoms. The van der Waals surface area contributed by atoms with Gasteiger partial charge < -0.3 is 14.5 Å². The Morgan fingerprint density at radius 3 is 2.45 bits per heavy atom. The Labute approximate surface area is 181 Å². The molecule has 1 fully saturated rings. The molecule has 4 rings (SSSR count). The maximum Gasteiger partial charge on any atom is 0.253 e. The molecule has 0 saturated carbocycles. The lowest BCUT2D eigenvalue weighted by molar-refractivity contribution is 0.0712. The van der Waals surface area contributed by atoms with Gasteiger partial charge in [0.25, 0.3) is 5.91 Å². The minimum absolute atomic E-state index is 0.0537. The summed E-state index contributed by atoms with van der Waals surface area (Å²) in [6.07, 6.45) is 6.66. The van der Waals surface area contributed by atoms with Gasteiger partial charge in [-0.2, -0.15) is 0 Å². The lowest BCUT2D eigenvalue weighted by Gasteiger charge is -2.32. The molecule has 0 aliphatic carbocycles. The summed E-state index contributed by atoms with van der Waals surface area (Å²) in [5.41, 5.74) is 2.32. The molecule has 0 unspecified atom stereocenters. The van der Waals surface area contributed by atoms with Crippen molar-refractivity contribution in [1.82, 2.24) is 24.8 Å². The van der Waals surface area contributed by atoms with E-state index in [2.05, 4.69) is 15.0 Å². The topological polar surface area (TPSA) is 84.3 Å². The van der Waals surface area contributed by atoms with Gasteiger partial charge in [-0.15, -0.1) is 0 Å². The number of likely N-dealkylation sites (tertiary alicyclic amines) is 1. The lowest BCUT2D eigenvalue weighted by Crippen LogP contribution is -2.38. The quantitative estimate of drug-likeness (QED) is 0.630. The van der Waals surface area contributed by atoms with Gasteiger partial charge in [-0.25, -0.2) is 15.0 Å². The molecule has 0 radical (unpaired) electrons. The Morgan fingerprint density at radius 1 is 1.10 bits per heavy atom. The summed E-state index contributed by atoms with van der Waals surface area (Å²) >= 11 is 0. The second kappa shape index (κ2) is 9.07. The minimum Gasteiger partial charge on any atom is -0.497 e. The molecule has 1 aliphatic rings. The fraction of sp³-hybridized carbons (Fsp3) is 0.348. The lowest BCUT2D eigenvalue weighted by atomic mass is 9.92. The van der Waals surface area contributed by atoms with Crippen molar-refractivity contribution in [2.24, 2.45) is 0 Å². The number of carbonyl (C=O) groups is 1. The molecular formula is C23H26N6O2. The Hall–Kier alpha value is -3.55. The first kappa shape index (κ1) is 20.7. The number of carbonyl (C=O) groups excluding carboxylic acids is 1. The number of ether oxygens (including phenoxy) is 1. The Morgan fingerprint density at radius 2 is 1.84 bits per heavy atom. The van der Waals surface area contributed by atoms with Gasteiger partial charge in [-0.1, -0.05) is 0 Å². The molecule has 8 nitrogen and oxygen atoms in total. The normalized spacial score (nSPS) is 14.4. The number of anilines is 1. The fourth-order valence-electron chi connectivity index (χ4n) is 3.71. The minimum atomic E-state index is 0.0537. The first-order chi connectivity index (χ1) is 15.0. The van der Waals surface area contributed by atoms with Gasteiger partial charge in [0.1, 0.15) is 17.3 Å². The molecule has 0 spiro atoms. The molecule has 1 aromatic carbocycles. The third-order valence-electron chi connectivity index (χ3n) is 5.52. The van der Waals surface area contributed by atoms with Crippen molar-refractivity contribution >= 4 is 11.7 Å². The molecule has 2 aromatic heterocycles. The number of nitrogens with zero attached hydrogens (tertiary/aromatic N) is 6. The van der Waals surface area contributed by atoms with Crippen LogP contribution in [0.2, 0.25) is 0 Å². The van der Waals surface area contributed by atoms with Crippen LogP contribution in [0.1, 0.15) is 34.8 Å². The second-order valence-electron chi connectivity index (χ2n) is 7.75. The molecule has 3 heterocycles. The standard InChI is InChI=1S/C23H26N6O2/c1-28(2)21-14-19(26-22(27-21)20-15-24-10-11-25-20)16-8-12-29(13-9-16)23(30)17-4-6-18(31-3)7-5-17/h4-7,10-11,14-16H,8-9,12-13H2,1-3H3. The van der Waals surface area contributed by atoms with E-state index >= 15 is 0 Å². The zero-order chi connectivity index (χ0) is 21.8. The van der Waals surface area contributed by atoms with Crippen LogP contribution >= 0.6 is 0 Å². The molecule has 1 aliphatic heterocycles. The SMILES string of the molecule is COc1ccc(C(=O)N2CCC(c3cc(N(C)C)nc(-c4cnccn4)n3)CC2)cc1. The van der Waals surface area contributed by atoms with Gasteiger partial charge in [-0.3, -0.25) is 9.78 Å². The average molecular weight is 419 g/mol. The number of amides is 1. The van der Waals surface area contributed by atoms with E-state index < -0.39 is 0 Å². The highest BCUT2D eigenvalue weighted by molar-refractivity contribution is 5.94. The third-order valence-corrected chi connectivity index (χ3v) is 5.52. The summed E-state index contributed by atoms with van der Waals surface area (Å²) in [7, 11) is 5.54. The molecule has 160 valence electrons. The number of hydrogen-bond acceptors (Lipinski definition) is 7. The van der Waals surface area contributed by atoms with Gasteiger partial charge in [-0.05, 0) is 37.1 Å². The van der Waals surface area contributed by atoms with Gasteiger partial charge >= 0.3 is 0 Å². The van der Waals surface area contributed by atoms with Crippen molar-refractivity contribution in [1.29, 1.82) is 0 Å². The zero-order valence-electron chi connectivity index (χ0n) is 18.0. The fourth-order valence-corrected chi connectivity index (χ4v) is 3.71. The van der Waals surface area contributed by atoms with Gasteiger partial charge in [0, 0.05) is 62.8 Å². The van der Waals surface area contributed by atoms with Crippen LogP contribution in [0, 0.1) is 0 Å². The molecule has 8 heteroatoms. The van der Waals surface area contributed by atoms with Crippen molar-refractivity contribution in [3.8, 4) is 17.3 Å². The first-order valence-electron chi connectivity index (χ1n) is 10.3. The molecule has 1 amide bonds. The van der Waals surface area contributed by atoms with E-state index in [4.69, 9.17) is 9.72 Å². The van der Waals surface area contributed by atoms with E-state index in [-0.39, 0.29) is 11.8 Å². The number of rotatable bonds is 5. The number of methoxy groups -OCH3 is 1. The number of benzene rings is 1. The third kappa shape index (κ3) is 4.63. The predicted octanol–water partition coefficient (Wildman–Crippen LogP) is 3.03. The molecule has 3 aromatic rings. The predicted molar refractivity (Wildman–Crippen MR) is 118 cm³/mol. The van der Waals surface area contributed by atoms with Crippen LogP contribution in [0.4, 0.5) is 5.82 Å². The summed E-state index contributed by atoms with van der Waals surface area (Å²) in [5.74, 6) is 2.47. The summed E-state index contributed by atoms with van der Waals surface area (Å²) in [6, 6.07) is 9.29. The van der Waals surface area contributed by atoms with Gasteiger partial charge in [0.05, 0.1) is 13.3 Å².